The van der Waals surface area contributed by atoms with Crippen LogP contribution in [0.5, 0.6) is 0 Å². The molecule has 1 aromatic heterocycles. The molecule has 0 bridgehead atoms. The minimum absolute atomic E-state index is 0.197. The summed E-state index contributed by atoms with van der Waals surface area (Å²) in [6.07, 6.45) is 9.48. The Balaban J connectivity index is 1.62. The van der Waals surface area contributed by atoms with Crippen LogP contribution in [0.2, 0.25) is 0 Å². The first kappa shape index (κ1) is 15.9. The molecule has 120 valence electrons. The molecule has 4 heteroatoms. The second-order valence-electron chi connectivity index (χ2n) is 5.44. The fraction of sp³-hybridized carbons (Fsp3) is 0.100. The number of anilines is 1. The molecule has 0 radical (unpaired) electrons. The molecule has 1 aliphatic carbocycles. The molecule has 1 atom stereocenters. The van der Waals surface area contributed by atoms with Crippen LogP contribution < -0.4 is 5.32 Å². The van der Waals surface area contributed by atoms with Crippen molar-refractivity contribution in [3.05, 3.63) is 84.2 Å². The summed E-state index contributed by atoms with van der Waals surface area (Å²) in [5.74, 6) is -0.197. The lowest BCUT2D eigenvalue weighted by Crippen LogP contribution is -2.07. The molecule has 1 N–H and O–H groups in total. The normalized spacial score (nSPS) is 16.9. The van der Waals surface area contributed by atoms with Gasteiger partial charge in [0.1, 0.15) is 6.17 Å². The van der Waals surface area contributed by atoms with Crippen LogP contribution >= 0.6 is 0 Å². The Morgan fingerprint density at radius 1 is 1.21 bits per heavy atom. The summed E-state index contributed by atoms with van der Waals surface area (Å²) >= 11 is 0. The number of alkyl halides is 1. The van der Waals surface area contributed by atoms with E-state index in [0.29, 0.717) is 6.42 Å². The van der Waals surface area contributed by atoms with Crippen LogP contribution in [0.25, 0.3) is 11.6 Å². The fourth-order valence-electron chi connectivity index (χ4n) is 2.34. The summed E-state index contributed by atoms with van der Waals surface area (Å²) in [5, 5.41) is 2.78. The molecular weight excluding hydrogens is 303 g/mol. The molecule has 2 aromatic rings. The Morgan fingerprint density at radius 2 is 2.04 bits per heavy atom. The largest absolute Gasteiger partial charge is 0.323 e. The number of benzene rings is 1. The van der Waals surface area contributed by atoms with E-state index in [9.17, 15) is 9.18 Å². The van der Waals surface area contributed by atoms with Gasteiger partial charge in [-0.1, -0.05) is 36.4 Å². The van der Waals surface area contributed by atoms with Crippen LogP contribution in [0.15, 0.2) is 73.0 Å². The minimum Gasteiger partial charge on any atom is -0.323 e. The topological polar surface area (TPSA) is 42.0 Å². The van der Waals surface area contributed by atoms with Crippen molar-refractivity contribution in [2.24, 2.45) is 0 Å². The lowest BCUT2D eigenvalue weighted by Gasteiger charge is -2.09. The van der Waals surface area contributed by atoms with Crippen molar-refractivity contribution in [3.8, 4) is 0 Å². The van der Waals surface area contributed by atoms with Gasteiger partial charge in [0.25, 0.3) is 0 Å². The number of nitrogens with one attached hydrogen (secondary N) is 1. The number of carbonyl (C=O) groups is 1. The first-order valence-corrected chi connectivity index (χ1v) is 7.74. The molecule has 0 fully saturated rings. The van der Waals surface area contributed by atoms with E-state index in [0.717, 1.165) is 22.5 Å². The number of nitrogens with zero attached hydrogens (tertiary/aromatic N) is 1. The van der Waals surface area contributed by atoms with E-state index in [1.54, 1.807) is 24.4 Å². The first-order chi connectivity index (χ1) is 11.7. The van der Waals surface area contributed by atoms with E-state index in [4.69, 9.17) is 0 Å². The number of para-hydroxylation sites is 1. The number of aromatic nitrogens is 1. The van der Waals surface area contributed by atoms with E-state index < -0.39 is 6.17 Å². The number of carbonyl (C=O) groups excluding carboxylic acids is 1. The van der Waals surface area contributed by atoms with Crippen LogP contribution in [0.4, 0.5) is 10.1 Å². The SMILES string of the molecule is O=C(/C=C/c1ccc(C2=CCC(F)C=C2)nc1)Nc1ccccc1. The molecule has 3 nitrogen and oxygen atoms in total. The van der Waals surface area contributed by atoms with Gasteiger partial charge in [0, 0.05) is 24.4 Å². The van der Waals surface area contributed by atoms with Crippen molar-refractivity contribution < 1.29 is 9.18 Å². The maximum absolute atomic E-state index is 13.1. The van der Waals surface area contributed by atoms with Gasteiger partial charge in [-0.3, -0.25) is 9.78 Å². The molecule has 1 amide bonds. The zero-order valence-corrected chi connectivity index (χ0v) is 13.0. The highest BCUT2D eigenvalue weighted by atomic mass is 19.1. The highest BCUT2D eigenvalue weighted by molar-refractivity contribution is 6.01. The van der Waals surface area contributed by atoms with Crippen molar-refractivity contribution in [2.75, 3.05) is 5.32 Å². The third-order valence-electron chi connectivity index (χ3n) is 3.60. The molecule has 0 saturated heterocycles. The van der Waals surface area contributed by atoms with E-state index in [1.807, 2.05) is 48.5 Å². The summed E-state index contributed by atoms with van der Waals surface area (Å²) in [5.41, 5.74) is 3.29. The highest BCUT2D eigenvalue weighted by Crippen LogP contribution is 2.21. The maximum atomic E-state index is 13.1. The zero-order chi connectivity index (χ0) is 16.8. The van der Waals surface area contributed by atoms with Gasteiger partial charge in [0.2, 0.25) is 5.91 Å². The quantitative estimate of drug-likeness (QED) is 0.848. The number of halogens is 1. The predicted octanol–water partition coefficient (Wildman–Crippen LogP) is 4.41. The molecule has 0 aliphatic heterocycles. The van der Waals surface area contributed by atoms with Crippen LogP contribution in [0.1, 0.15) is 17.7 Å². The Morgan fingerprint density at radius 3 is 2.71 bits per heavy atom. The van der Waals surface area contributed by atoms with Crippen LogP contribution in [-0.2, 0) is 4.79 Å². The number of amides is 1. The lowest BCUT2D eigenvalue weighted by atomic mass is 10.0. The average molecular weight is 320 g/mol. The van der Waals surface area contributed by atoms with Crippen LogP contribution in [0, 0.1) is 0 Å². The summed E-state index contributed by atoms with van der Waals surface area (Å²) < 4.78 is 13.1. The van der Waals surface area contributed by atoms with Crippen molar-refractivity contribution in [3.63, 3.8) is 0 Å². The predicted molar refractivity (Wildman–Crippen MR) is 95.0 cm³/mol. The molecule has 1 unspecified atom stereocenters. The number of hydrogen-bond acceptors (Lipinski definition) is 2. The number of pyridine rings is 1. The second kappa shape index (κ2) is 7.51. The van der Waals surface area contributed by atoms with Gasteiger partial charge in [0.05, 0.1) is 5.69 Å². The van der Waals surface area contributed by atoms with Gasteiger partial charge in [0.15, 0.2) is 0 Å². The third kappa shape index (κ3) is 4.26. The minimum atomic E-state index is -0.904. The molecule has 1 aromatic carbocycles. The Kier molecular flexibility index (Phi) is 4.96. The van der Waals surface area contributed by atoms with Gasteiger partial charge in [-0.2, -0.15) is 0 Å². The Hall–Kier alpha value is -3.01. The van der Waals surface area contributed by atoms with Crippen molar-refractivity contribution in [2.45, 2.75) is 12.6 Å². The maximum Gasteiger partial charge on any atom is 0.248 e. The van der Waals surface area contributed by atoms with Gasteiger partial charge < -0.3 is 5.32 Å². The van der Waals surface area contributed by atoms with E-state index in [2.05, 4.69) is 10.3 Å². The smallest absolute Gasteiger partial charge is 0.248 e. The Labute approximate surface area is 140 Å². The monoisotopic (exact) mass is 320 g/mol. The first-order valence-electron chi connectivity index (χ1n) is 7.74. The van der Waals surface area contributed by atoms with Gasteiger partial charge in [-0.05, 0) is 41.5 Å². The van der Waals surface area contributed by atoms with E-state index in [-0.39, 0.29) is 5.91 Å². The number of hydrogen-bond donors (Lipinski definition) is 1. The Bertz CT molecular complexity index is 792. The number of allylic oxidation sites excluding steroid dienone is 4. The van der Waals surface area contributed by atoms with Crippen molar-refractivity contribution in [1.29, 1.82) is 0 Å². The second-order valence-corrected chi connectivity index (χ2v) is 5.44. The molecule has 0 saturated carbocycles. The standard InChI is InChI=1S/C20H17FN2O/c21-17-10-8-16(9-11-17)19-12-6-15(14-22-19)7-13-20(24)23-18-4-2-1-3-5-18/h1-10,12-14,17H,11H2,(H,23,24)/b13-7+. The molecular formula is C20H17FN2O. The summed E-state index contributed by atoms with van der Waals surface area (Å²) in [6.45, 7) is 0. The molecule has 0 spiro atoms. The van der Waals surface area contributed by atoms with Gasteiger partial charge >= 0.3 is 0 Å². The molecule has 1 aliphatic rings. The molecule has 3 rings (SSSR count). The summed E-state index contributed by atoms with van der Waals surface area (Å²) in [6, 6.07) is 13.0. The highest BCUT2D eigenvalue weighted by Gasteiger charge is 2.08. The molecule has 1 heterocycles. The van der Waals surface area contributed by atoms with Crippen molar-refractivity contribution >= 4 is 23.2 Å². The van der Waals surface area contributed by atoms with Crippen LogP contribution in [-0.4, -0.2) is 17.1 Å². The summed E-state index contributed by atoms with van der Waals surface area (Å²) in [7, 11) is 0. The zero-order valence-electron chi connectivity index (χ0n) is 13.0. The van der Waals surface area contributed by atoms with Gasteiger partial charge in [-0.25, -0.2) is 4.39 Å². The van der Waals surface area contributed by atoms with E-state index in [1.165, 1.54) is 6.08 Å². The molecule has 24 heavy (non-hydrogen) atoms. The fourth-order valence-corrected chi connectivity index (χ4v) is 2.34. The summed E-state index contributed by atoms with van der Waals surface area (Å²) in [4.78, 5) is 16.2. The van der Waals surface area contributed by atoms with Crippen LogP contribution in [0.3, 0.4) is 0 Å². The number of rotatable bonds is 4. The third-order valence-corrected chi connectivity index (χ3v) is 3.60. The van der Waals surface area contributed by atoms with E-state index >= 15 is 0 Å². The lowest BCUT2D eigenvalue weighted by molar-refractivity contribution is -0.111. The average Bonchev–Trinajstić information content (AvgIpc) is 2.62. The van der Waals surface area contributed by atoms with Gasteiger partial charge in [-0.15, -0.1) is 0 Å². The van der Waals surface area contributed by atoms with Crippen molar-refractivity contribution in [1.82, 2.24) is 4.98 Å².